The fourth-order valence-corrected chi connectivity index (χ4v) is 3.61. The van der Waals surface area contributed by atoms with Crippen molar-refractivity contribution in [3.63, 3.8) is 0 Å². The van der Waals surface area contributed by atoms with Crippen LogP contribution in [-0.2, 0) is 22.7 Å². The molecule has 3 rings (SSSR count). The van der Waals surface area contributed by atoms with Gasteiger partial charge in [-0.2, -0.15) is 0 Å². The summed E-state index contributed by atoms with van der Waals surface area (Å²) in [6, 6.07) is 13.8. The van der Waals surface area contributed by atoms with Gasteiger partial charge in [0.2, 0.25) is 11.8 Å². The lowest BCUT2D eigenvalue weighted by molar-refractivity contribution is -0.129. The second-order valence-electron chi connectivity index (χ2n) is 7.19. The van der Waals surface area contributed by atoms with Crippen molar-refractivity contribution in [3.8, 4) is 0 Å². The number of benzene rings is 1. The number of amides is 2. The Labute approximate surface area is 166 Å². The summed E-state index contributed by atoms with van der Waals surface area (Å²) in [7, 11) is 0. The maximum atomic E-state index is 12.3. The molecule has 28 heavy (non-hydrogen) atoms. The minimum atomic E-state index is 0.0253. The van der Waals surface area contributed by atoms with Gasteiger partial charge < -0.3 is 9.80 Å². The SMILES string of the molecule is CC(=O)N1CCN(Cc2ccccn2)CCCN(C(C)=O)c2ccccc2C1. The van der Waals surface area contributed by atoms with E-state index in [-0.39, 0.29) is 11.8 Å². The van der Waals surface area contributed by atoms with E-state index in [1.54, 1.807) is 20.0 Å². The number of fused-ring (bicyclic) bond motifs is 1. The predicted octanol–water partition coefficient (Wildman–Crippen LogP) is 2.69. The third kappa shape index (κ3) is 5.16. The van der Waals surface area contributed by atoms with Crippen LogP contribution in [0.5, 0.6) is 0 Å². The van der Waals surface area contributed by atoms with E-state index in [9.17, 15) is 9.59 Å². The summed E-state index contributed by atoms with van der Waals surface area (Å²) in [5.41, 5.74) is 2.92. The third-order valence-corrected chi connectivity index (χ3v) is 5.12. The Morgan fingerprint density at radius 2 is 1.71 bits per heavy atom. The minimum absolute atomic E-state index is 0.0253. The Morgan fingerprint density at radius 3 is 2.43 bits per heavy atom. The topological polar surface area (TPSA) is 56.8 Å². The van der Waals surface area contributed by atoms with Gasteiger partial charge in [0.25, 0.3) is 0 Å². The van der Waals surface area contributed by atoms with Crippen molar-refractivity contribution < 1.29 is 9.59 Å². The molecule has 0 bridgehead atoms. The minimum Gasteiger partial charge on any atom is -0.337 e. The van der Waals surface area contributed by atoms with Crippen LogP contribution in [0.2, 0.25) is 0 Å². The standard InChI is InChI=1S/C22H28N4O2/c1-18(27)25-15-14-24(17-21-9-5-6-11-23-21)12-7-13-26(19(2)28)22-10-4-3-8-20(22)16-25/h3-6,8-11H,7,12-17H2,1-2H3. The average molecular weight is 380 g/mol. The smallest absolute Gasteiger partial charge is 0.223 e. The lowest BCUT2D eigenvalue weighted by Gasteiger charge is -2.27. The fourth-order valence-electron chi connectivity index (χ4n) is 3.61. The molecule has 0 atom stereocenters. The molecular formula is C22H28N4O2. The van der Waals surface area contributed by atoms with Gasteiger partial charge in [-0.15, -0.1) is 0 Å². The van der Waals surface area contributed by atoms with Crippen molar-refractivity contribution in [2.24, 2.45) is 0 Å². The van der Waals surface area contributed by atoms with Gasteiger partial charge in [0.05, 0.1) is 5.69 Å². The molecular weight excluding hydrogens is 352 g/mol. The highest BCUT2D eigenvalue weighted by molar-refractivity contribution is 5.92. The maximum absolute atomic E-state index is 12.3. The molecule has 0 saturated carbocycles. The first kappa shape index (κ1) is 20.0. The first-order chi connectivity index (χ1) is 13.5. The number of hydrogen-bond donors (Lipinski definition) is 0. The molecule has 0 N–H and O–H groups in total. The molecule has 0 spiro atoms. The van der Waals surface area contributed by atoms with Crippen LogP contribution >= 0.6 is 0 Å². The van der Waals surface area contributed by atoms with Crippen molar-refractivity contribution >= 4 is 17.5 Å². The molecule has 0 unspecified atom stereocenters. The molecule has 2 heterocycles. The summed E-state index contributed by atoms with van der Waals surface area (Å²) in [4.78, 5) is 35.0. The highest BCUT2D eigenvalue weighted by Crippen LogP contribution is 2.23. The Balaban J connectivity index is 1.85. The highest BCUT2D eigenvalue weighted by atomic mass is 16.2. The van der Waals surface area contributed by atoms with Crippen LogP contribution in [-0.4, -0.2) is 52.8 Å². The van der Waals surface area contributed by atoms with E-state index in [0.717, 1.165) is 43.0 Å². The van der Waals surface area contributed by atoms with Gasteiger partial charge in [0.1, 0.15) is 0 Å². The molecule has 2 amide bonds. The summed E-state index contributed by atoms with van der Waals surface area (Å²) in [6.45, 7) is 7.37. The number of hydrogen-bond acceptors (Lipinski definition) is 4. The van der Waals surface area contributed by atoms with Crippen LogP contribution in [0, 0.1) is 0 Å². The van der Waals surface area contributed by atoms with Crippen molar-refractivity contribution in [2.45, 2.75) is 33.4 Å². The van der Waals surface area contributed by atoms with Crippen molar-refractivity contribution in [2.75, 3.05) is 31.1 Å². The average Bonchev–Trinajstić information content (AvgIpc) is 2.71. The van der Waals surface area contributed by atoms with Gasteiger partial charge in [-0.05, 0) is 30.2 Å². The fraction of sp³-hybridized carbons (Fsp3) is 0.409. The number of aromatic nitrogens is 1. The van der Waals surface area contributed by atoms with E-state index in [1.807, 2.05) is 52.3 Å². The normalized spacial score (nSPS) is 16.2. The second kappa shape index (κ2) is 9.46. The first-order valence-electron chi connectivity index (χ1n) is 9.78. The van der Waals surface area contributed by atoms with Gasteiger partial charge in [0, 0.05) is 65.0 Å². The van der Waals surface area contributed by atoms with Crippen molar-refractivity contribution in [1.82, 2.24) is 14.8 Å². The van der Waals surface area contributed by atoms with Crippen LogP contribution in [0.1, 0.15) is 31.5 Å². The lowest BCUT2D eigenvalue weighted by Crippen LogP contribution is -2.37. The second-order valence-corrected chi connectivity index (χ2v) is 7.19. The summed E-state index contributed by atoms with van der Waals surface area (Å²) in [5.74, 6) is 0.0681. The molecule has 0 fully saturated rings. The van der Waals surface area contributed by atoms with Crippen LogP contribution in [0.15, 0.2) is 48.7 Å². The van der Waals surface area contributed by atoms with Crippen molar-refractivity contribution in [1.29, 1.82) is 0 Å². The molecule has 1 aliphatic rings. The number of anilines is 1. The Hall–Kier alpha value is -2.73. The van der Waals surface area contributed by atoms with E-state index in [1.165, 1.54) is 0 Å². The van der Waals surface area contributed by atoms with E-state index >= 15 is 0 Å². The zero-order valence-corrected chi connectivity index (χ0v) is 16.7. The van der Waals surface area contributed by atoms with E-state index in [0.29, 0.717) is 19.6 Å². The van der Waals surface area contributed by atoms with Gasteiger partial charge in [-0.25, -0.2) is 0 Å². The number of pyridine rings is 1. The summed E-state index contributed by atoms with van der Waals surface area (Å²) in [5, 5.41) is 0. The molecule has 2 aromatic rings. The zero-order valence-electron chi connectivity index (χ0n) is 16.7. The van der Waals surface area contributed by atoms with Crippen molar-refractivity contribution in [3.05, 3.63) is 59.9 Å². The number of rotatable bonds is 2. The molecule has 0 radical (unpaired) electrons. The monoisotopic (exact) mass is 380 g/mol. The van der Waals surface area contributed by atoms with E-state index in [4.69, 9.17) is 0 Å². The van der Waals surface area contributed by atoms with Crippen LogP contribution in [0.3, 0.4) is 0 Å². The lowest BCUT2D eigenvalue weighted by atomic mass is 10.1. The van der Waals surface area contributed by atoms with E-state index in [2.05, 4.69) is 9.88 Å². The first-order valence-corrected chi connectivity index (χ1v) is 9.78. The molecule has 0 saturated heterocycles. The largest absolute Gasteiger partial charge is 0.337 e. The predicted molar refractivity (Wildman–Crippen MR) is 110 cm³/mol. The quantitative estimate of drug-likeness (QED) is 0.804. The number of para-hydroxylation sites is 1. The van der Waals surface area contributed by atoms with E-state index < -0.39 is 0 Å². The van der Waals surface area contributed by atoms with Crippen LogP contribution in [0.4, 0.5) is 5.69 Å². The molecule has 1 aliphatic heterocycles. The molecule has 6 heteroatoms. The summed E-state index contributed by atoms with van der Waals surface area (Å²) < 4.78 is 0. The highest BCUT2D eigenvalue weighted by Gasteiger charge is 2.20. The van der Waals surface area contributed by atoms with Gasteiger partial charge in [0.15, 0.2) is 0 Å². The molecule has 6 nitrogen and oxygen atoms in total. The molecule has 1 aromatic carbocycles. The zero-order chi connectivity index (χ0) is 19.9. The number of carbonyl (C=O) groups excluding carboxylic acids is 2. The van der Waals surface area contributed by atoms with Gasteiger partial charge in [-0.1, -0.05) is 24.3 Å². The Kier molecular flexibility index (Phi) is 6.76. The Bertz CT molecular complexity index is 809. The van der Waals surface area contributed by atoms with Crippen LogP contribution in [0.25, 0.3) is 0 Å². The summed E-state index contributed by atoms with van der Waals surface area (Å²) >= 11 is 0. The summed E-state index contributed by atoms with van der Waals surface area (Å²) in [6.07, 6.45) is 2.67. The third-order valence-electron chi connectivity index (χ3n) is 5.12. The van der Waals surface area contributed by atoms with Crippen LogP contribution < -0.4 is 4.90 Å². The Morgan fingerprint density at radius 1 is 0.929 bits per heavy atom. The molecule has 1 aromatic heterocycles. The molecule has 0 aliphatic carbocycles. The van der Waals surface area contributed by atoms with Gasteiger partial charge in [-0.3, -0.25) is 19.5 Å². The number of nitrogens with zero attached hydrogens (tertiary/aromatic N) is 4. The van der Waals surface area contributed by atoms with Gasteiger partial charge >= 0.3 is 0 Å². The molecule has 148 valence electrons. The number of carbonyl (C=O) groups is 2. The maximum Gasteiger partial charge on any atom is 0.223 e.